The van der Waals surface area contributed by atoms with Gasteiger partial charge in [0.1, 0.15) is 0 Å². The summed E-state index contributed by atoms with van der Waals surface area (Å²) in [5, 5.41) is 3.72. The Hall–Kier alpha value is -0.980. The van der Waals surface area contributed by atoms with E-state index in [0.29, 0.717) is 6.04 Å². The molecule has 0 radical (unpaired) electrons. The first-order valence-corrected chi connectivity index (χ1v) is 7.13. The largest absolute Gasteiger partial charge is 0.382 e. The second-order valence-corrected chi connectivity index (χ2v) is 5.51. The second kappa shape index (κ2) is 6.09. The van der Waals surface area contributed by atoms with Crippen molar-refractivity contribution >= 4 is 5.69 Å². The van der Waals surface area contributed by atoms with Gasteiger partial charge >= 0.3 is 0 Å². The van der Waals surface area contributed by atoms with Crippen LogP contribution in [0.15, 0.2) is 24.3 Å². The molecule has 94 valence electrons. The van der Waals surface area contributed by atoms with Crippen LogP contribution in [0.3, 0.4) is 0 Å². The lowest BCUT2D eigenvalue weighted by atomic mass is 10.0. The number of aryl methyl sites for hydroxylation is 1. The minimum absolute atomic E-state index is 0.687. The normalized spacial score (nSPS) is 25.3. The molecule has 0 saturated heterocycles. The van der Waals surface area contributed by atoms with Crippen molar-refractivity contribution in [2.45, 2.75) is 58.4 Å². The van der Waals surface area contributed by atoms with E-state index in [2.05, 4.69) is 43.4 Å². The quantitative estimate of drug-likeness (QED) is 0.748. The fourth-order valence-electron chi connectivity index (χ4n) is 2.75. The fourth-order valence-corrected chi connectivity index (χ4v) is 2.75. The highest BCUT2D eigenvalue weighted by atomic mass is 14.9. The summed E-state index contributed by atoms with van der Waals surface area (Å²) < 4.78 is 0. The lowest BCUT2D eigenvalue weighted by Gasteiger charge is -2.18. The van der Waals surface area contributed by atoms with E-state index < -0.39 is 0 Å². The Labute approximate surface area is 106 Å². The molecule has 1 aromatic carbocycles. The Morgan fingerprint density at radius 3 is 2.88 bits per heavy atom. The zero-order valence-corrected chi connectivity index (χ0v) is 11.2. The van der Waals surface area contributed by atoms with Gasteiger partial charge in [-0.25, -0.2) is 0 Å². The highest BCUT2D eigenvalue weighted by Crippen LogP contribution is 2.25. The van der Waals surface area contributed by atoms with Crippen LogP contribution < -0.4 is 5.32 Å². The summed E-state index contributed by atoms with van der Waals surface area (Å²) in [6, 6.07) is 9.56. The molecule has 2 unspecified atom stereocenters. The number of rotatable bonds is 3. The van der Waals surface area contributed by atoms with Crippen molar-refractivity contribution in [2.75, 3.05) is 5.32 Å². The van der Waals surface area contributed by atoms with Gasteiger partial charge in [-0.1, -0.05) is 38.8 Å². The number of hydrogen-bond acceptors (Lipinski definition) is 1. The van der Waals surface area contributed by atoms with Gasteiger partial charge in [0.2, 0.25) is 0 Å². The van der Waals surface area contributed by atoms with Crippen LogP contribution in [0.5, 0.6) is 0 Å². The summed E-state index contributed by atoms with van der Waals surface area (Å²) in [4.78, 5) is 0. The first kappa shape index (κ1) is 12.5. The summed E-state index contributed by atoms with van der Waals surface area (Å²) in [5.41, 5.74) is 2.74. The van der Waals surface area contributed by atoms with Crippen LogP contribution in [0.2, 0.25) is 0 Å². The first-order chi connectivity index (χ1) is 8.28. The average Bonchev–Trinajstić information content (AvgIpc) is 2.55. The lowest BCUT2D eigenvalue weighted by molar-refractivity contribution is 0.502. The van der Waals surface area contributed by atoms with Crippen LogP contribution in [-0.4, -0.2) is 6.04 Å². The van der Waals surface area contributed by atoms with Crippen molar-refractivity contribution in [1.29, 1.82) is 0 Å². The van der Waals surface area contributed by atoms with Crippen molar-refractivity contribution in [1.82, 2.24) is 0 Å². The van der Waals surface area contributed by atoms with Crippen molar-refractivity contribution in [3.8, 4) is 0 Å². The molecule has 1 heteroatoms. The Morgan fingerprint density at radius 2 is 2.06 bits per heavy atom. The molecule has 1 aliphatic rings. The van der Waals surface area contributed by atoms with Gasteiger partial charge in [0, 0.05) is 11.7 Å². The summed E-state index contributed by atoms with van der Waals surface area (Å²) in [7, 11) is 0. The van der Waals surface area contributed by atoms with Gasteiger partial charge in [-0.15, -0.1) is 0 Å². The highest BCUT2D eigenvalue weighted by molar-refractivity contribution is 5.46. The molecule has 2 atom stereocenters. The van der Waals surface area contributed by atoms with Gasteiger partial charge in [0.15, 0.2) is 0 Å². The molecule has 1 N–H and O–H groups in total. The van der Waals surface area contributed by atoms with E-state index in [1.54, 1.807) is 0 Å². The average molecular weight is 231 g/mol. The first-order valence-electron chi connectivity index (χ1n) is 7.13. The maximum absolute atomic E-state index is 3.72. The zero-order valence-electron chi connectivity index (χ0n) is 11.2. The van der Waals surface area contributed by atoms with Crippen LogP contribution in [0, 0.1) is 5.92 Å². The number of anilines is 1. The Kier molecular flexibility index (Phi) is 4.47. The van der Waals surface area contributed by atoms with Crippen LogP contribution in [0.1, 0.15) is 51.5 Å². The fraction of sp³-hybridized carbons (Fsp3) is 0.625. The number of benzene rings is 1. The second-order valence-electron chi connectivity index (χ2n) is 5.51. The highest BCUT2D eigenvalue weighted by Gasteiger charge is 2.15. The van der Waals surface area contributed by atoms with E-state index in [-0.39, 0.29) is 0 Å². The molecule has 2 rings (SSSR count). The van der Waals surface area contributed by atoms with Gasteiger partial charge in [-0.2, -0.15) is 0 Å². The molecule has 0 spiro atoms. The summed E-state index contributed by atoms with van der Waals surface area (Å²) in [6.07, 6.45) is 7.96. The predicted molar refractivity (Wildman–Crippen MR) is 75.5 cm³/mol. The van der Waals surface area contributed by atoms with E-state index >= 15 is 0 Å². The van der Waals surface area contributed by atoms with Crippen LogP contribution in [0.25, 0.3) is 0 Å². The molecule has 0 heterocycles. The zero-order chi connectivity index (χ0) is 12.1. The standard InChI is InChI=1S/C16H25N/c1-3-14-7-5-9-16(12-14)17-15-8-4-6-13(2)10-11-15/h5,7,9,12-13,15,17H,3-4,6,8,10-11H2,1-2H3. The van der Waals surface area contributed by atoms with Crippen LogP contribution in [0.4, 0.5) is 5.69 Å². The molecular weight excluding hydrogens is 206 g/mol. The third-order valence-corrected chi connectivity index (χ3v) is 3.96. The molecule has 0 amide bonds. The van der Waals surface area contributed by atoms with Gasteiger partial charge in [-0.3, -0.25) is 0 Å². The Morgan fingerprint density at radius 1 is 1.18 bits per heavy atom. The van der Waals surface area contributed by atoms with E-state index in [1.165, 1.54) is 43.4 Å². The number of hydrogen-bond donors (Lipinski definition) is 1. The Bertz CT molecular complexity index is 345. The van der Waals surface area contributed by atoms with E-state index in [4.69, 9.17) is 0 Å². The topological polar surface area (TPSA) is 12.0 Å². The van der Waals surface area contributed by atoms with Crippen molar-refractivity contribution in [3.63, 3.8) is 0 Å². The smallest absolute Gasteiger partial charge is 0.0345 e. The van der Waals surface area contributed by atoms with Crippen molar-refractivity contribution < 1.29 is 0 Å². The summed E-state index contributed by atoms with van der Waals surface area (Å²) in [5.74, 6) is 0.920. The molecular formula is C16H25N. The third kappa shape index (κ3) is 3.76. The van der Waals surface area contributed by atoms with Crippen molar-refractivity contribution in [3.05, 3.63) is 29.8 Å². The van der Waals surface area contributed by atoms with E-state index in [1.807, 2.05) is 0 Å². The van der Waals surface area contributed by atoms with Gasteiger partial charge in [0.25, 0.3) is 0 Å². The summed E-state index contributed by atoms with van der Waals surface area (Å²) in [6.45, 7) is 4.60. The molecule has 1 aromatic rings. The molecule has 1 nitrogen and oxygen atoms in total. The maximum atomic E-state index is 3.72. The van der Waals surface area contributed by atoms with Crippen molar-refractivity contribution in [2.24, 2.45) is 5.92 Å². The van der Waals surface area contributed by atoms with Gasteiger partial charge in [-0.05, 0) is 49.3 Å². The van der Waals surface area contributed by atoms with Gasteiger partial charge in [0.05, 0.1) is 0 Å². The molecule has 1 saturated carbocycles. The van der Waals surface area contributed by atoms with E-state index in [0.717, 1.165) is 12.3 Å². The molecule has 1 fully saturated rings. The number of nitrogens with one attached hydrogen (secondary N) is 1. The van der Waals surface area contributed by atoms with E-state index in [9.17, 15) is 0 Å². The lowest BCUT2D eigenvalue weighted by Crippen LogP contribution is -2.18. The Balaban J connectivity index is 1.94. The minimum atomic E-state index is 0.687. The van der Waals surface area contributed by atoms with Crippen LogP contribution in [-0.2, 0) is 6.42 Å². The minimum Gasteiger partial charge on any atom is -0.382 e. The molecule has 17 heavy (non-hydrogen) atoms. The SMILES string of the molecule is CCc1cccc(NC2CCCC(C)CC2)c1. The molecule has 1 aliphatic carbocycles. The van der Waals surface area contributed by atoms with Crippen LogP contribution >= 0.6 is 0 Å². The third-order valence-electron chi connectivity index (χ3n) is 3.96. The predicted octanol–water partition coefficient (Wildman–Crippen LogP) is 4.63. The molecule has 0 aliphatic heterocycles. The van der Waals surface area contributed by atoms with Gasteiger partial charge < -0.3 is 5.32 Å². The molecule has 0 aromatic heterocycles. The maximum Gasteiger partial charge on any atom is 0.0345 e. The molecule has 0 bridgehead atoms. The monoisotopic (exact) mass is 231 g/mol. The summed E-state index contributed by atoms with van der Waals surface area (Å²) >= 11 is 0.